The van der Waals surface area contributed by atoms with Crippen molar-refractivity contribution in [1.29, 1.82) is 0 Å². The number of nitrogens with one attached hydrogen (secondary N) is 1. The summed E-state index contributed by atoms with van der Waals surface area (Å²) in [5.41, 5.74) is -0.834. The lowest BCUT2D eigenvalue weighted by Crippen LogP contribution is -2.51. The highest BCUT2D eigenvalue weighted by molar-refractivity contribution is 5.89. The molecule has 34 heavy (non-hydrogen) atoms. The van der Waals surface area contributed by atoms with Crippen molar-refractivity contribution in [2.45, 2.75) is 70.8 Å². The first kappa shape index (κ1) is 25.8. The molecule has 2 heterocycles. The zero-order valence-corrected chi connectivity index (χ0v) is 19.8. The van der Waals surface area contributed by atoms with Crippen LogP contribution in [0.25, 0.3) is 0 Å². The molecule has 10 heteroatoms. The van der Waals surface area contributed by atoms with Gasteiger partial charge in [-0.3, -0.25) is 9.59 Å². The molecule has 0 saturated carbocycles. The number of amides is 3. The van der Waals surface area contributed by atoms with E-state index in [2.05, 4.69) is 5.32 Å². The largest absolute Gasteiger partial charge is 0.444 e. The number of nitrogens with zero attached hydrogens (tertiary/aromatic N) is 2. The maximum atomic E-state index is 13.2. The summed E-state index contributed by atoms with van der Waals surface area (Å²) in [6, 6.07) is 3.99. The van der Waals surface area contributed by atoms with E-state index in [1.807, 2.05) is 0 Å². The molecule has 2 atom stereocenters. The molecule has 1 unspecified atom stereocenters. The number of likely N-dealkylation sites (tertiary alicyclic amines) is 2. The molecule has 2 aliphatic heterocycles. The summed E-state index contributed by atoms with van der Waals surface area (Å²) in [5.74, 6) is -0.879. The minimum Gasteiger partial charge on any atom is -0.444 e. The van der Waals surface area contributed by atoms with Gasteiger partial charge in [0, 0.05) is 26.2 Å². The summed E-state index contributed by atoms with van der Waals surface area (Å²) in [6.07, 6.45) is -2.34. The van der Waals surface area contributed by atoms with Crippen LogP contribution < -0.4 is 5.32 Å². The molecule has 3 amide bonds. The van der Waals surface area contributed by atoms with Gasteiger partial charge in [0.25, 0.3) is 0 Å². The summed E-state index contributed by atoms with van der Waals surface area (Å²) in [5, 5.41) is 2.74. The van der Waals surface area contributed by atoms with Gasteiger partial charge in [-0.2, -0.15) is 13.2 Å². The van der Waals surface area contributed by atoms with Crippen LogP contribution in [0, 0.1) is 5.92 Å². The Bertz CT molecular complexity index is 896. The van der Waals surface area contributed by atoms with Crippen molar-refractivity contribution in [3.8, 4) is 0 Å². The first-order valence-corrected chi connectivity index (χ1v) is 11.6. The van der Waals surface area contributed by atoms with Crippen LogP contribution in [-0.4, -0.2) is 59.0 Å². The minimum atomic E-state index is -4.41. The summed E-state index contributed by atoms with van der Waals surface area (Å²) in [7, 11) is 0. The third-order valence-electron chi connectivity index (χ3n) is 6.01. The third kappa shape index (κ3) is 6.64. The lowest BCUT2D eigenvalue weighted by atomic mass is 9.96. The number of hydrogen-bond donors (Lipinski definition) is 1. The molecule has 188 valence electrons. The van der Waals surface area contributed by atoms with Crippen LogP contribution in [0.2, 0.25) is 0 Å². The molecule has 2 saturated heterocycles. The number of alkyl halides is 3. The summed E-state index contributed by atoms with van der Waals surface area (Å²) in [4.78, 5) is 41.6. The van der Waals surface area contributed by atoms with E-state index in [9.17, 15) is 27.6 Å². The number of carbonyl (C=O) groups excluding carboxylic acids is 3. The van der Waals surface area contributed by atoms with Crippen LogP contribution >= 0.6 is 0 Å². The zero-order chi connectivity index (χ0) is 25.1. The Morgan fingerprint density at radius 2 is 1.68 bits per heavy atom. The van der Waals surface area contributed by atoms with Gasteiger partial charge in [0.2, 0.25) is 11.8 Å². The second-order valence-corrected chi connectivity index (χ2v) is 9.87. The normalized spacial score (nSPS) is 21.4. The molecule has 2 aliphatic rings. The van der Waals surface area contributed by atoms with Crippen LogP contribution in [0.15, 0.2) is 24.3 Å². The molecule has 0 spiro atoms. The Labute approximate surface area is 197 Å². The molecule has 1 aromatic rings. The highest BCUT2D eigenvalue weighted by Gasteiger charge is 2.39. The number of hydrogen-bond acceptors (Lipinski definition) is 4. The highest BCUT2D eigenvalue weighted by atomic mass is 19.4. The monoisotopic (exact) mass is 483 g/mol. The molecule has 1 N–H and O–H groups in total. The second-order valence-electron chi connectivity index (χ2n) is 9.87. The van der Waals surface area contributed by atoms with E-state index in [1.165, 1.54) is 12.1 Å². The zero-order valence-electron chi connectivity index (χ0n) is 19.8. The van der Waals surface area contributed by atoms with E-state index in [0.717, 1.165) is 12.1 Å². The first-order chi connectivity index (χ1) is 15.8. The maximum Gasteiger partial charge on any atom is 0.416 e. The van der Waals surface area contributed by atoms with Gasteiger partial charge >= 0.3 is 12.3 Å². The van der Waals surface area contributed by atoms with Crippen LogP contribution in [-0.2, 0) is 27.0 Å². The van der Waals surface area contributed by atoms with Crippen LogP contribution in [0.5, 0.6) is 0 Å². The van der Waals surface area contributed by atoms with Crippen LogP contribution in [0.3, 0.4) is 0 Å². The number of benzene rings is 1. The van der Waals surface area contributed by atoms with Gasteiger partial charge in [-0.1, -0.05) is 12.1 Å². The highest BCUT2D eigenvalue weighted by Crippen LogP contribution is 2.29. The smallest absolute Gasteiger partial charge is 0.416 e. The summed E-state index contributed by atoms with van der Waals surface area (Å²) >= 11 is 0. The topological polar surface area (TPSA) is 79.0 Å². The van der Waals surface area contributed by atoms with Gasteiger partial charge in [0.1, 0.15) is 11.6 Å². The Hall–Kier alpha value is -2.78. The van der Waals surface area contributed by atoms with E-state index >= 15 is 0 Å². The molecule has 0 radical (unpaired) electrons. The third-order valence-corrected chi connectivity index (χ3v) is 6.01. The number of ether oxygens (including phenoxy) is 1. The Balaban J connectivity index is 1.57. The van der Waals surface area contributed by atoms with E-state index in [0.29, 0.717) is 44.3 Å². The Morgan fingerprint density at radius 1 is 1.03 bits per heavy atom. The Kier molecular flexibility index (Phi) is 7.77. The van der Waals surface area contributed by atoms with Crippen LogP contribution in [0.4, 0.5) is 18.0 Å². The number of piperidine rings is 1. The fourth-order valence-electron chi connectivity index (χ4n) is 4.33. The predicted molar refractivity (Wildman–Crippen MR) is 119 cm³/mol. The van der Waals surface area contributed by atoms with E-state index in [4.69, 9.17) is 4.74 Å². The van der Waals surface area contributed by atoms with Crippen molar-refractivity contribution in [3.63, 3.8) is 0 Å². The quantitative estimate of drug-likeness (QED) is 0.703. The lowest BCUT2D eigenvalue weighted by molar-refractivity contribution is -0.143. The summed E-state index contributed by atoms with van der Waals surface area (Å²) < 4.78 is 43.6. The average molecular weight is 484 g/mol. The van der Waals surface area contributed by atoms with E-state index in [-0.39, 0.29) is 24.9 Å². The maximum absolute atomic E-state index is 13.2. The molecule has 0 aliphatic carbocycles. The Morgan fingerprint density at radius 3 is 2.29 bits per heavy atom. The van der Waals surface area contributed by atoms with Gasteiger partial charge in [0.15, 0.2) is 0 Å². The molecule has 7 nitrogen and oxygen atoms in total. The molecule has 0 bridgehead atoms. The van der Waals surface area contributed by atoms with Crippen molar-refractivity contribution >= 4 is 17.9 Å². The van der Waals surface area contributed by atoms with Gasteiger partial charge in [-0.05, 0) is 64.2 Å². The molecule has 2 fully saturated rings. The fourth-order valence-corrected chi connectivity index (χ4v) is 4.33. The predicted octanol–water partition coefficient (Wildman–Crippen LogP) is 3.96. The number of halogens is 3. The van der Waals surface area contributed by atoms with Crippen molar-refractivity contribution in [2.24, 2.45) is 5.92 Å². The molecule has 1 aromatic carbocycles. The van der Waals surface area contributed by atoms with Gasteiger partial charge in [-0.15, -0.1) is 0 Å². The van der Waals surface area contributed by atoms with Gasteiger partial charge in [-0.25, -0.2) is 4.79 Å². The molecular formula is C24H32F3N3O4. The molecular weight excluding hydrogens is 451 g/mol. The fraction of sp³-hybridized carbons (Fsp3) is 0.625. The van der Waals surface area contributed by atoms with E-state index < -0.39 is 35.4 Å². The molecule has 3 rings (SSSR count). The minimum absolute atomic E-state index is 0.0748. The lowest BCUT2D eigenvalue weighted by Gasteiger charge is -2.36. The van der Waals surface area contributed by atoms with Crippen molar-refractivity contribution < 1.29 is 32.3 Å². The average Bonchev–Trinajstić information content (AvgIpc) is 3.25. The van der Waals surface area contributed by atoms with Crippen molar-refractivity contribution in [3.05, 3.63) is 35.4 Å². The van der Waals surface area contributed by atoms with Gasteiger partial charge < -0.3 is 19.9 Å². The number of carbonyl (C=O) groups is 3. The molecule has 0 aromatic heterocycles. The first-order valence-electron chi connectivity index (χ1n) is 11.6. The second kappa shape index (κ2) is 10.2. The van der Waals surface area contributed by atoms with Crippen molar-refractivity contribution in [2.75, 3.05) is 19.6 Å². The summed E-state index contributed by atoms with van der Waals surface area (Å²) in [6.45, 7) is 6.67. The van der Waals surface area contributed by atoms with E-state index in [1.54, 1.807) is 30.6 Å². The standard InChI is InChI=1S/C24H32F3N3O4/c1-23(2,3)34-22(33)29-12-4-6-17(15-29)21(32)30-13-5-7-19(30)20(31)28-14-16-8-10-18(11-9-16)24(25,26)27/h8-11,17,19H,4-7,12-15H2,1-3H3,(H,28,31)/t17?,19-/m1/s1. The van der Waals surface area contributed by atoms with Crippen LogP contribution in [0.1, 0.15) is 57.6 Å². The SMILES string of the molecule is CC(C)(C)OC(=O)N1CCCC(C(=O)N2CCC[C@@H]2C(=O)NCc2ccc(C(F)(F)F)cc2)C1. The van der Waals surface area contributed by atoms with Gasteiger partial charge in [0.05, 0.1) is 11.5 Å². The number of rotatable bonds is 4. The van der Waals surface area contributed by atoms with Crippen molar-refractivity contribution in [1.82, 2.24) is 15.1 Å².